The first-order valence-electron chi connectivity index (χ1n) is 7.14. The van der Waals surface area contributed by atoms with Crippen LogP contribution in [-0.4, -0.2) is 60.7 Å². The predicted octanol–water partition coefficient (Wildman–Crippen LogP) is 0.847. The van der Waals surface area contributed by atoms with Crippen LogP contribution >= 0.6 is 15.9 Å². The Kier molecular flexibility index (Phi) is 4.54. The molecule has 3 rings (SSSR count). The van der Waals surface area contributed by atoms with Gasteiger partial charge in [-0.05, 0) is 12.1 Å². The molecule has 0 unspecified atom stereocenters. The number of halogens is 1. The first-order chi connectivity index (χ1) is 10.2. The van der Waals surface area contributed by atoms with Crippen LogP contribution in [0.15, 0.2) is 22.8 Å². The van der Waals surface area contributed by atoms with Crippen molar-refractivity contribution in [3.05, 3.63) is 22.8 Å². The van der Waals surface area contributed by atoms with Gasteiger partial charge in [-0.2, -0.15) is 0 Å². The van der Waals surface area contributed by atoms with E-state index in [-0.39, 0.29) is 11.5 Å². The highest BCUT2D eigenvalue weighted by Gasteiger charge is 2.41. The van der Waals surface area contributed by atoms with Crippen molar-refractivity contribution in [1.29, 1.82) is 0 Å². The number of rotatable bonds is 4. The third-order valence-corrected chi connectivity index (χ3v) is 4.36. The van der Waals surface area contributed by atoms with Gasteiger partial charge in [-0.25, -0.2) is 4.98 Å². The number of aromatic nitrogens is 1. The minimum Gasteiger partial charge on any atom is -0.370 e. The molecule has 7 heteroatoms. The zero-order valence-corrected chi connectivity index (χ0v) is 13.4. The summed E-state index contributed by atoms with van der Waals surface area (Å²) in [6.07, 6.45) is 2.13. The van der Waals surface area contributed by atoms with Crippen LogP contribution in [0.5, 0.6) is 0 Å². The van der Waals surface area contributed by atoms with E-state index in [0.29, 0.717) is 12.2 Å². The second kappa shape index (κ2) is 6.39. The van der Waals surface area contributed by atoms with Crippen molar-refractivity contribution in [3.8, 4) is 0 Å². The van der Waals surface area contributed by atoms with Gasteiger partial charge in [0.2, 0.25) is 5.91 Å². The molecule has 6 nitrogen and oxygen atoms in total. The van der Waals surface area contributed by atoms with Crippen molar-refractivity contribution in [2.75, 3.05) is 44.6 Å². The van der Waals surface area contributed by atoms with E-state index in [1.165, 1.54) is 0 Å². The Hall–Kier alpha value is -1.02. The molecule has 2 saturated heterocycles. The van der Waals surface area contributed by atoms with Gasteiger partial charge >= 0.3 is 0 Å². The highest BCUT2D eigenvalue weighted by Crippen LogP contribution is 2.22. The Bertz CT molecular complexity index is 521. The quantitative estimate of drug-likeness (QED) is 0.838. The molecule has 3 heterocycles. The van der Waals surface area contributed by atoms with Crippen LogP contribution in [0.2, 0.25) is 0 Å². The summed E-state index contributed by atoms with van der Waals surface area (Å²) >= 11 is 3.36. The van der Waals surface area contributed by atoms with Crippen molar-refractivity contribution in [2.45, 2.75) is 12.0 Å². The standard InChI is InChI=1S/C14H19BrN4O2/c15-11-1-3-17-12(7-11)18-13(20)2-4-19-5-6-21-14(10-19)8-16-9-14/h1,3,7,16H,2,4-6,8-10H2,(H,17,18,20). The largest absolute Gasteiger partial charge is 0.370 e. The smallest absolute Gasteiger partial charge is 0.226 e. The van der Waals surface area contributed by atoms with E-state index in [1.54, 1.807) is 12.3 Å². The molecule has 114 valence electrons. The molecule has 1 aromatic heterocycles. The maximum Gasteiger partial charge on any atom is 0.226 e. The number of hydrogen-bond donors (Lipinski definition) is 2. The monoisotopic (exact) mass is 354 g/mol. The molecule has 2 aliphatic rings. The predicted molar refractivity (Wildman–Crippen MR) is 83.2 cm³/mol. The Labute approximate surface area is 132 Å². The number of carbonyl (C=O) groups is 1. The first kappa shape index (κ1) is 14.9. The fraction of sp³-hybridized carbons (Fsp3) is 0.571. The average Bonchev–Trinajstić information content (AvgIpc) is 2.44. The van der Waals surface area contributed by atoms with E-state index in [9.17, 15) is 4.79 Å². The van der Waals surface area contributed by atoms with Crippen molar-refractivity contribution < 1.29 is 9.53 Å². The Morgan fingerprint density at radius 2 is 2.43 bits per heavy atom. The van der Waals surface area contributed by atoms with Crippen LogP contribution in [0.3, 0.4) is 0 Å². The zero-order chi connectivity index (χ0) is 14.7. The molecular formula is C14H19BrN4O2. The van der Waals surface area contributed by atoms with Gasteiger partial charge in [0, 0.05) is 49.8 Å². The fourth-order valence-corrected chi connectivity index (χ4v) is 3.01. The lowest BCUT2D eigenvalue weighted by Crippen LogP contribution is -2.68. The molecule has 0 radical (unpaired) electrons. The van der Waals surface area contributed by atoms with E-state index in [1.807, 2.05) is 6.07 Å². The summed E-state index contributed by atoms with van der Waals surface area (Å²) < 4.78 is 6.73. The molecule has 2 N–H and O–H groups in total. The van der Waals surface area contributed by atoms with Gasteiger partial charge in [-0.1, -0.05) is 15.9 Å². The summed E-state index contributed by atoms with van der Waals surface area (Å²) in [5, 5.41) is 6.07. The van der Waals surface area contributed by atoms with Gasteiger partial charge in [0.15, 0.2) is 0 Å². The Morgan fingerprint density at radius 3 is 3.14 bits per heavy atom. The van der Waals surface area contributed by atoms with Crippen molar-refractivity contribution in [1.82, 2.24) is 15.2 Å². The molecule has 0 bridgehead atoms. The second-order valence-electron chi connectivity index (χ2n) is 5.57. The molecule has 0 saturated carbocycles. The van der Waals surface area contributed by atoms with Crippen LogP contribution in [0.1, 0.15) is 6.42 Å². The minimum absolute atomic E-state index is 0.00660. The van der Waals surface area contributed by atoms with Gasteiger partial charge in [0.1, 0.15) is 11.4 Å². The molecule has 0 aliphatic carbocycles. The van der Waals surface area contributed by atoms with Crippen LogP contribution in [0.25, 0.3) is 0 Å². The number of amides is 1. The summed E-state index contributed by atoms with van der Waals surface area (Å²) in [6, 6.07) is 3.62. The normalized spacial score (nSPS) is 21.0. The van der Waals surface area contributed by atoms with Crippen LogP contribution in [-0.2, 0) is 9.53 Å². The highest BCUT2D eigenvalue weighted by atomic mass is 79.9. The molecule has 0 aromatic carbocycles. The van der Waals surface area contributed by atoms with Crippen LogP contribution < -0.4 is 10.6 Å². The van der Waals surface area contributed by atoms with E-state index in [0.717, 1.165) is 43.8 Å². The number of nitrogens with one attached hydrogen (secondary N) is 2. The zero-order valence-electron chi connectivity index (χ0n) is 11.8. The lowest BCUT2D eigenvalue weighted by atomic mass is 9.94. The van der Waals surface area contributed by atoms with Crippen LogP contribution in [0, 0.1) is 0 Å². The van der Waals surface area contributed by atoms with Gasteiger partial charge < -0.3 is 15.4 Å². The molecule has 1 amide bonds. The molecule has 2 aliphatic heterocycles. The fourth-order valence-electron chi connectivity index (χ4n) is 2.67. The summed E-state index contributed by atoms with van der Waals surface area (Å²) in [5.41, 5.74) is -0.0133. The van der Waals surface area contributed by atoms with Gasteiger partial charge in [-0.15, -0.1) is 0 Å². The summed E-state index contributed by atoms with van der Waals surface area (Å²) in [4.78, 5) is 18.4. The highest BCUT2D eigenvalue weighted by molar-refractivity contribution is 9.10. The van der Waals surface area contributed by atoms with Gasteiger partial charge in [-0.3, -0.25) is 9.69 Å². The molecule has 2 fully saturated rings. The number of ether oxygens (including phenoxy) is 1. The van der Waals surface area contributed by atoms with Crippen molar-refractivity contribution in [2.24, 2.45) is 0 Å². The number of hydrogen-bond acceptors (Lipinski definition) is 5. The average molecular weight is 355 g/mol. The minimum atomic E-state index is -0.0133. The Morgan fingerprint density at radius 1 is 1.57 bits per heavy atom. The number of morpholine rings is 1. The topological polar surface area (TPSA) is 66.5 Å². The van der Waals surface area contributed by atoms with E-state index < -0.39 is 0 Å². The van der Waals surface area contributed by atoms with Crippen LogP contribution in [0.4, 0.5) is 5.82 Å². The molecule has 0 atom stereocenters. The summed E-state index contributed by atoms with van der Waals surface area (Å²) in [7, 11) is 0. The SMILES string of the molecule is O=C(CCN1CCOC2(CNC2)C1)Nc1cc(Br)ccn1. The van der Waals surface area contributed by atoms with Crippen molar-refractivity contribution >= 4 is 27.7 Å². The first-order valence-corrected chi connectivity index (χ1v) is 7.93. The number of nitrogens with zero attached hydrogens (tertiary/aromatic N) is 2. The van der Waals surface area contributed by atoms with E-state index in [4.69, 9.17) is 4.74 Å². The van der Waals surface area contributed by atoms with E-state index >= 15 is 0 Å². The second-order valence-corrected chi connectivity index (χ2v) is 6.48. The number of anilines is 1. The third kappa shape index (κ3) is 3.79. The summed E-state index contributed by atoms with van der Waals surface area (Å²) in [5.74, 6) is 0.573. The molecule has 1 aromatic rings. The lowest BCUT2D eigenvalue weighted by Gasteiger charge is -2.48. The molecule has 1 spiro atoms. The molecule has 21 heavy (non-hydrogen) atoms. The third-order valence-electron chi connectivity index (χ3n) is 3.87. The maximum absolute atomic E-state index is 12.0. The number of pyridine rings is 1. The van der Waals surface area contributed by atoms with Gasteiger partial charge in [0.05, 0.1) is 6.61 Å². The lowest BCUT2D eigenvalue weighted by molar-refractivity contribution is -0.137. The molecular weight excluding hydrogens is 336 g/mol. The maximum atomic E-state index is 12.0. The number of carbonyl (C=O) groups excluding carboxylic acids is 1. The van der Waals surface area contributed by atoms with E-state index in [2.05, 4.69) is 36.4 Å². The van der Waals surface area contributed by atoms with Gasteiger partial charge in [0.25, 0.3) is 0 Å². The summed E-state index contributed by atoms with van der Waals surface area (Å²) in [6.45, 7) is 5.13. The Balaban J connectivity index is 1.45. The van der Waals surface area contributed by atoms with Crippen molar-refractivity contribution in [3.63, 3.8) is 0 Å².